The highest BCUT2D eigenvalue weighted by molar-refractivity contribution is 5.86. The summed E-state index contributed by atoms with van der Waals surface area (Å²) in [6, 6.07) is 0. The van der Waals surface area contributed by atoms with Crippen LogP contribution in [0.2, 0.25) is 0 Å². The second-order valence-electron chi connectivity index (χ2n) is 3.03. The van der Waals surface area contributed by atoms with Crippen LogP contribution in [0.5, 0.6) is 0 Å². The summed E-state index contributed by atoms with van der Waals surface area (Å²) in [5.74, 6) is 1.28. The van der Waals surface area contributed by atoms with Gasteiger partial charge in [-0.2, -0.15) is 0 Å². The summed E-state index contributed by atoms with van der Waals surface area (Å²) in [6.45, 7) is 1.88. The molecule has 9 heavy (non-hydrogen) atoms. The van der Waals surface area contributed by atoms with Crippen LogP contribution in [0.1, 0.15) is 12.8 Å². The zero-order chi connectivity index (χ0) is 6.27. The fourth-order valence-corrected chi connectivity index (χ4v) is 1.86. The molecule has 1 heterocycles. The molecule has 50 valence electrons. The Bertz CT molecular complexity index is 126. The molecule has 2 atom stereocenters. The van der Waals surface area contributed by atoms with Crippen LogP contribution in [0, 0.1) is 11.8 Å². The molecule has 1 N–H and O–H groups in total. The van der Waals surface area contributed by atoms with Crippen molar-refractivity contribution in [2.45, 2.75) is 12.8 Å². The molecule has 0 aromatic carbocycles. The molecule has 1 aliphatic heterocycles. The van der Waals surface area contributed by atoms with Gasteiger partial charge in [0.25, 0.3) is 0 Å². The van der Waals surface area contributed by atoms with E-state index in [9.17, 15) is 4.79 Å². The summed E-state index contributed by atoms with van der Waals surface area (Å²) in [4.78, 5) is 11.1. The molecule has 2 fully saturated rings. The first-order valence-electron chi connectivity index (χ1n) is 3.62. The first kappa shape index (κ1) is 5.42. The SMILES string of the molecule is O=C1[C@@H]2CC[C@H]1CNC2. The minimum atomic E-state index is 0.378. The first-order valence-corrected chi connectivity index (χ1v) is 3.62. The van der Waals surface area contributed by atoms with Crippen LogP contribution in [-0.2, 0) is 4.79 Å². The predicted molar refractivity (Wildman–Crippen MR) is 34.1 cm³/mol. The van der Waals surface area contributed by atoms with Crippen LogP contribution < -0.4 is 5.32 Å². The molecule has 2 rings (SSSR count). The first-order chi connectivity index (χ1) is 4.38. The van der Waals surface area contributed by atoms with Gasteiger partial charge in [0.05, 0.1) is 0 Å². The largest absolute Gasteiger partial charge is 0.315 e. The lowest BCUT2D eigenvalue weighted by molar-refractivity contribution is -0.124. The number of hydrogen-bond donors (Lipinski definition) is 1. The molecule has 2 bridgehead atoms. The van der Waals surface area contributed by atoms with Crippen LogP contribution >= 0.6 is 0 Å². The number of ketones is 1. The normalized spacial score (nSPS) is 41.6. The van der Waals surface area contributed by atoms with E-state index in [2.05, 4.69) is 5.32 Å². The maximum Gasteiger partial charge on any atom is 0.141 e. The van der Waals surface area contributed by atoms with Gasteiger partial charge in [-0.15, -0.1) is 0 Å². The van der Waals surface area contributed by atoms with Gasteiger partial charge in [0.2, 0.25) is 0 Å². The van der Waals surface area contributed by atoms with Gasteiger partial charge in [0.15, 0.2) is 0 Å². The Morgan fingerprint density at radius 2 is 1.78 bits per heavy atom. The van der Waals surface area contributed by atoms with Crippen LogP contribution in [0.4, 0.5) is 0 Å². The number of nitrogens with one attached hydrogen (secondary N) is 1. The second kappa shape index (κ2) is 1.81. The highest BCUT2D eigenvalue weighted by Crippen LogP contribution is 2.29. The van der Waals surface area contributed by atoms with E-state index < -0.39 is 0 Å². The quantitative estimate of drug-likeness (QED) is 0.500. The average Bonchev–Trinajstić information content (AvgIpc) is 2.19. The van der Waals surface area contributed by atoms with Crippen molar-refractivity contribution in [3.8, 4) is 0 Å². The summed E-state index contributed by atoms with van der Waals surface area (Å²) < 4.78 is 0. The molecule has 1 aliphatic carbocycles. The average molecular weight is 125 g/mol. The Kier molecular flexibility index (Phi) is 1.09. The van der Waals surface area contributed by atoms with Crippen molar-refractivity contribution in [3.63, 3.8) is 0 Å². The smallest absolute Gasteiger partial charge is 0.141 e. The molecule has 0 unspecified atom stereocenters. The van der Waals surface area contributed by atoms with Gasteiger partial charge in [-0.1, -0.05) is 0 Å². The second-order valence-corrected chi connectivity index (χ2v) is 3.03. The summed E-state index contributed by atoms with van der Waals surface area (Å²) in [5.41, 5.74) is 0. The maximum absolute atomic E-state index is 11.1. The molecule has 0 aromatic rings. The third kappa shape index (κ3) is 0.697. The highest BCUT2D eigenvalue weighted by atomic mass is 16.1. The van der Waals surface area contributed by atoms with E-state index in [4.69, 9.17) is 0 Å². The standard InChI is InChI=1S/C7H11NO/c9-7-5-1-2-6(7)4-8-3-5/h5-6,8H,1-4H2/t5-,6+. The number of carbonyl (C=O) groups excluding carboxylic acids is 1. The number of fused-ring (bicyclic) bond motifs is 2. The minimum absolute atomic E-state index is 0.378. The Hall–Kier alpha value is -0.370. The number of Topliss-reactive ketones (excluding diaryl/α,β-unsaturated/α-hetero) is 1. The number of piperidine rings is 1. The maximum atomic E-state index is 11.1. The van der Waals surface area contributed by atoms with Gasteiger partial charge in [-0.3, -0.25) is 4.79 Å². The van der Waals surface area contributed by atoms with Crippen molar-refractivity contribution in [1.82, 2.24) is 5.32 Å². The van der Waals surface area contributed by atoms with Gasteiger partial charge in [0, 0.05) is 24.9 Å². The lowest BCUT2D eigenvalue weighted by Crippen LogP contribution is -2.38. The number of rotatable bonds is 0. The Labute approximate surface area is 54.6 Å². The van der Waals surface area contributed by atoms with Crippen molar-refractivity contribution >= 4 is 5.78 Å². The molecule has 2 aliphatic rings. The Balaban J connectivity index is 2.19. The van der Waals surface area contributed by atoms with Crippen molar-refractivity contribution in [2.24, 2.45) is 11.8 Å². The molecule has 0 radical (unpaired) electrons. The van der Waals surface area contributed by atoms with Gasteiger partial charge in [-0.25, -0.2) is 0 Å². The summed E-state index contributed by atoms with van der Waals surface area (Å²) in [7, 11) is 0. The topological polar surface area (TPSA) is 29.1 Å². The zero-order valence-electron chi connectivity index (χ0n) is 5.39. The molecule has 0 amide bonds. The van der Waals surface area contributed by atoms with Gasteiger partial charge >= 0.3 is 0 Å². The van der Waals surface area contributed by atoms with E-state index in [0.29, 0.717) is 17.6 Å². The molecule has 1 saturated heterocycles. The minimum Gasteiger partial charge on any atom is -0.315 e. The van der Waals surface area contributed by atoms with E-state index in [1.165, 1.54) is 0 Å². The molecule has 0 aromatic heterocycles. The van der Waals surface area contributed by atoms with Gasteiger partial charge in [0.1, 0.15) is 5.78 Å². The molecule has 2 heteroatoms. The summed E-state index contributed by atoms with van der Waals surface area (Å²) in [6.07, 6.45) is 2.27. The van der Waals surface area contributed by atoms with Crippen molar-refractivity contribution in [1.29, 1.82) is 0 Å². The summed E-state index contributed by atoms with van der Waals surface area (Å²) in [5, 5.41) is 3.26. The lowest BCUT2D eigenvalue weighted by Gasteiger charge is -2.17. The molecule has 0 spiro atoms. The Morgan fingerprint density at radius 3 is 2.22 bits per heavy atom. The van der Waals surface area contributed by atoms with E-state index in [-0.39, 0.29) is 0 Å². The van der Waals surface area contributed by atoms with E-state index in [1.807, 2.05) is 0 Å². The third-order valence-corrected chi connectivity index (χ3v) is 2.45. The fraction of sp³-hybridized carbons (Fsp3) is 0.857. The van der Waals surface area contributed by atoms with Gasteiger partial charge < -0.3 is 5.32 Å². The molecule has 2 nitrogen and oxygen atoms in total. The summed E-state index contributed by atoms with van der Waals surface area (Å²) >= 11 is 0. The van der Waals surface area contributed by atoms with Gasteiger partial charge in [-0.05, 0) is 12.8 Å². The van der Waals surface area contributed by atoms with Crippen LogP contribution in [0.15, 0.2) is 0 Å². The van der Waals surface area contributed by atoms with Crippen LogP contribution in [0.25, 0.3) is 0 Å². The number of hydrogen-bond acceptors (Lipinski definition) is 2. The molecular formula is C7H11NO. The van der Waals surface area contributed by atoms with E-state index in [1.54, 1.807) is 0 Å². The van der Waals surface area contributed by atoms with Crippen LogP contribution in [0.3, 0.4) is 0 Å². The van der Waals surface area contributed by atoms with Crippen molar-refractivity contribution in [3.05, 3.63) is 0 Å². The fourth-order valence-electron chi connectivity index (χ4n) is 1.86. The monoisotopic (exact) mass is 125 g/mol. The van der Waals surface area contributed by atoms with E-state index >= 15 is 0 Å². The molecular weight excluding hydrogens is 114 g/mol. The van der Waals surface area contributed by atoms with Crippen LogP contribution in [-0.4, -0.2) is 18.9 Å². The third-order valence-electron chi connectivity index (χ3n) is 2.45. The lowest BCUT2D eigenvalue weighted by atomic mass is 9.99. The molecule has 1 saturated carbocycles. The van der Waals surface area contributed by atoms with Crippen molar-refractivity contribution in [2.75, 3.05) is 13.1 Å². The number of carbonyl (C=O) groups is 1. The predicted octanol–water partition coefficient (Wildman–Crippen LogP) is 0.185. The van der Waals surface area contributed by atoms with Crippen molar-refractivity contribution < 1.29 is 4.79 Å². The highest BCUT2D eigenvalue weighted by Gasteiger charge is 2.36. The zero-order valence-corrected chi connectivity index (χ0v) is 5.39. The van der Waals surface area contributed by atoms with E-state index in [0.717, 1.165) is 25.9 Å². The Morgan fingerprint density at radius 1 is 1.22 bits per heavy atom.